The minimum Gasteiger partial charge on any atom is -0.395 e. The van der Waals surface area contributed by atoms with E-state index in [1.165, 1.54) is 0 Å². The Morgan fingerprint density at radius 1 is 1.27 bits per heavy atom. The van der Waals surface area contributed by atoms with Crippen LogP contribution in [-0.2, 0) is 0 Å². The monoisotopic (exact) mass is 161 g/mol. The van der Waals surface area contributed by atoms with E-state index in [-0.39, 0.29) is 19.3 Å². The van der Waals surface area contributed by atoms with Gasteiger partial charge in [-0.15, -0.1) is 0 Å². The molecule has 0 rings (SSSR count). The normalized spacial score (nSPS) is 13.9. The Labute approximate surface area is 68.4 Å². The molecular formula is C8H19NO2. The first-order chi connectivity index (χ1) is 5.24. The van der Waals surface area contributed by atoms with Crippen molar-refractivity contribution in [1.82, 2.24) is 5.32 Å². The Bertz CT molecular complexity index is 84.2. The average molecular weight is 161 g/mol. The molecule has 0 aliphatic heterocycles. The van der Waals surface area contributed by atoms with Crippen LogP contribution in [0.15, 0.2) is 0 Å². The van der Waals surface area contributed by atoms with E-state index in [4.69, 9.17) is 10.2 Å². The number of aliphatic hydroxyl groups excluding tert-OH is 2. The minimum atomic E-state index is -0.149. The van der Waals surface area contributed by atoms with Crippen LogP contribution in [0.4, 0.5) is 0 Å². The summed E-state index contributed by atoms with van der Waals surface area (Å²) in [6.07, 6.45) is 1.12. The zero-order chi connectivity index (χ0) is 8.69. The minimum absolute atomic E-state index is 0.00688. The van der Waals surface area contributed by atoms with Crippen LogP contribution in [0, 0.1) is 5.92 Å². The van der Waals surface area contributed by atoms with Crippen LogP contribution < -0.4 is 5.32 Å². The van der Waals surface area contributed by atoms with E-state index in [0.717, 1.165) is 13.0 Å². The third-order valence-corrected chi connectivity index (χ3v) is 1.89. The van der Waals surface area contributed by atoms with Gasteiger partial charge in [0.1, 0.15) is 0 Å². The second-order valence-electron chi connectivity index (χ2n) is 2.98. The van der Waals surface area contributed by atoms with Gasteiger partial charge in [-0.2, -0.15) is 0 Å². The standard InChI is InChI=1S/C8H19NO2/c1-3-7(2)4-9-8(5-10)6-11/h7-11H,3-6H2,1-2H3. The summed E-state index contributed by atoms with van der Waals surface area (Å²) in [7, 11) is 0. The van der Waals surface area contributed by atoms with Gasteiger partial charge in [-0.25, -0.2) is 0 Å². The summed E-state index contributed by atoms with van der Waals surface area (Å²) in [6.45, 7) is 5.14. The zero-order valence-corrected chi connectivity index (χ0v) is 7.38. The van der Waals surface area contributed by atoms with Crippen molar-refractivity contribution < 1.29 is 10.2 Å². The van der Waals surface area contributed by atoms with Crippen molar-refractivity contribution in [3.8, 4) is 0 Å². The molecule has 0 saturated heterocycles. The van der Waals surface area contributed by atoms with Crippen LogP contribution in [-0.4, -0.2) is 36.0 Å². The predicted octanol–water partition coefficient (Wildman–Crippen LogP) is -0.0247. The number of nitrogens with one attached hydrogen (secondary N) is 1. The fourth-order valence-electron chi connectivity index (χ4n) is 0.699. The molecule has 0 spiro atoms. The molecule has 0 radical (unpaired) electrons. The molecule has 0 aromatic heterocycles. The molecule has 0 heterocycles. The van der Waals surface area contributed by atoms with Crippen LogP contribution in [0.5, 0.6) is 0 Å². The first-order valence-electron chi connectivity index (χ1n) is 4.19. The molecule has 1 unspecified atom stereocenters. The van der Waals surface area contributed by atoms with E-state index in [1.807, 2.05) is 0 Å². The van der Waals surface area contributed by atoms with Gasteiger partial charge < -0.3 is 15.5 Å². The Morgan fingerprint density at radius 3 is 2.18 bits per heavy atom. The van der Waals surface area contributed by atoms with Crippen molar-refractivity contribution in [2.45, 2.75) is 26.3 Å². The number of hydrogen-bond acceptors (Lipinski definition) is 3. The van der Waals surface area contributed by atoms with Crippen molar-refractivity contribution in [1.29, 1.82) is 0 Å². The maximum atomic E-state index is 8.69. The molecular weight excluding hydrogens is 142 g/mol. The Balaban J connectivity index is 3.34. The molecule has 0 amide bonds. The first-order valence-corrected chi connectivity index (χ1v) is 4.19. The van der Waals surface area contributed by atoms with E-state index in [0.29, 0.717) is 5.92 Å². The van der Waals surface area contributed by atoms with Crippen molar-refractivity contribution in [3.05, 3.63) is 0 Å². The highest BCUT2D eigenvalue weighted by Gasteiger charge is 2.05. The second-order valence-corrected chi connectivity index (χ2v) is 2.98. The van der Waals surface area contributed by atoms with Gasteiger partial charge in [0, 0.05) is 0 Å². The third-order valence-electron chi connectivity index (χ3n) is 1.89. The molecule has 3 heteroatoms. The van der Waals surface area contributed by atoms with Crippen LogP contribution in [0.1, 0.15) is 20.3 Å². The van der Waals surface area contributed by atoms with Crippen LogP contribution >= 0.6 is 0 Å². The third kappa shape index (κ3) is 5.18. The smallest absolute Gasteiger partial charge is 0.0607 e. The lowest BCUT2D eigenvalue weighted by Crippen LogP contribution is -2.38. The summed E-state index contributed by atoms with van der Waals surface area (Å²) in [4.78, 5) is 0. The molecule has 3 nitrogen and oxygen atoms in total. The van der Waals surface area contributed by atoms with E-state index in [1.54, 1.807) is 0 Å². The summed E-state index contributed by atoms with van der Waals surface area (Å²) < 4.78 is 0. The fourth-order valence-corrected chi connectivity index (χ4v) is 0.699. The Hall–Kier alpha value is -0.120. The maximum absolute atomic E-state index is 8.69. The highest BCUT2D eigenvalue weighted by atomic mass is 16.3. The van der Waals surface area contributed by atoms with Crippen LogP contribution in [0.3, 0.4) is 0 Å². The quantitative estimate of drug-likeness (QED) is 0.513. The predicted molar refractivity (Wildman–Crippen MR) is 45.4 cm³/mol. The van der Waals surface area contributed by atoms with E-state index >= 15 is 0 Å². The van der Waals surface area contributed by atoms with Gasteiger partial charge >= 0.3 is 0 Å². The van der Waals surface area contributed by atoms with Gasteiger partial charge in [0.25, 0.3) is 0 Å². The summed E-state index contributed by atoms with van der Waals surface area (Å²) in [6, 6.07) is -0.149. The summed E-state index contributed by atoms with van der Waals surface area (Å²) in [5.74, 6) is 0.607. The van der Waals surface area contributed by atoms with Crippen molar-refractivity contribution in [2.75, 3.05) is 19.8 Å². The van der Waals surface area contributed by atoms with E-state index in [9.17, 15) is 0 Å². The summed E-state index contributed by atoms with van der Waals surface area (Å²) in [5.41, 5.74) is 0. The molecule has 0 bridgehead atoms. The average Bonchev–Trinajstić information content (AvgIpc) is 2.06. The number of aliphatic hydroxyl groups is 2. The highest BCUT2D eigenvalue weighted by molar-refractivity contribution is 4.65. The molecule has 11 heavy (non-hydrogen) atoms. The molecule has 0 aliphatic rings. The van der Waals surface area contributed by atoms with E-state index < -0.39 is 0 Å². The van der Waals surface area contributed by atoms with Gasteiger partial charge in [-0.05, 0) is 12.5 Å². The molecule has 0 aromatic rings. The molecule has 0 aromatic carbocycles. The highest BCUT2D eigenvalue weighted by Crippen LogP contribution is 1.97. The van der Waals surface area contributed by atoms with Crippen molar-refractivity contribution in [2.24, 2.45) is 5.92 Å². The molecule has 1 atom stereocenters. The van der Waals surface area contributed by atoms with Gasteiger partial charge in [0.15, 0.2) is 0 Å². The summed E-state index contributed by atoms with van der Waals surface area (Å²) in [5, 5.41) is 20.4. The largest absolute Gasteiger partial charge is 0.395 e. The molecule has 0 saturated carbocycles. The Morgan fingerprint density at radius 2 is 1.82 bits per heavy atom. The lowest BCUT2D eigenvalue weighted by molar-refractivity contribution is 0.168. The SMILES string of the molecule is CCC(C)CNC(CO)CO. The lowest BCUT2D eigenvalue weighted by atomic mass is 10.1. The summed E-state index contributed by atoms with van der Waals surface area (Å²) >= 11 is 0. The molecule has 68 valence electrons. The first kappa shape index (κ1) is 10.9. The van der Waals surface area contributed by atoms with Gasteiger partial charge in [0.2, 0.25) is 0 Å². The second kappa shape index (κ2) is 6.58. The lowest BCUT2D eigenvalue weighted by Gasteiger charge is -2.16. The number of hydrogen-bond donors (Lipinski definition) is 3. The maximum Gasteiger partial charge on any atom is 0.0607 e. The topological polar surface area (TPSA) is 52.5 Å². The van der Waals surface area contributed by atoms with E-state index in [2.05, 4.69) is 19.2 Å². The number of rotatable bonds is 6. The van der Waals surface area contributed by atoms with Gasteiger partial charge in [-0.3, -0.25) is 0 Å². The van der Waals surface area contributed by atoms with Gasteiger partial charge in [-0.1, -0.05) is 20.3 Å². The van der Waals surface area contributed by atoms with Crippen LogP contribution in [0.25, 0.3) is 0 Å². The van der Waals surface area contributed by atoms with Crippen molar-refractivity contribution in [3.63, 3.8) is 0 Å². The molecule has 0 aliphatic carbocycles. The van der Waals surface area contributed by atoms with Crippen molar-refractivity contribution >= 4 is 0 Å². The fraction of sp³-hybridized carbons (Fsp3) is 1.00. The Kier molecular flexibility index (Phi) is 6.51. The molecule has 3 N–H and O–H groups in total. The van der Waals surface area contributed by atoms with Crippen LogP contribution in [0.2, 0.25) is 0 Å². The van der Waals surface area contributed by atoms with Gasteiger partial charge in [0.05, 0.1) is 19.3 Å². The molecule has 0 fully saturated rings. The zero-order valence-electron chi connectivity index (χ0n) is 7.38.